The van der Waals surface area contributed by atoms with Crippen molar-refractivity contribution in [2.45, 2.75) is 50.5 Å². The van der Waals surface area contributed by atoms with E-state index in [-0.39, 0.29) is 19.8 Å². The summed E-state index contributed by atoms with van der Waals surface area (Å²) < 4.78 is 59.1. The fourth-order valence-electron chi connectivity index (χ4n) is 4.26. The second-order valence-electron chi connectivity index (χ2n) is 8.63. The van der Waals surface area contributed by atoms with Gasteiger partial charge in [0.25, 0.3) is 0 Å². The molecule has 36 heavy (non-hydrogen) atoms. The normalized spacial score (nSPS) is 26.9. The third-order valence-corrected chi connectivity index (χ3v) is 6.88. The van der Waals surface area contributed by atoms with E-state index in [2.05, 4.69) is 0 Å². The standard InChI is InChI=1S/C27H28O8S/c28-36(29)34-26-25(32-18-22-14-8-3-9-15-22)24(31-17-21-12-6-2-7-13-21)23(33-27(26)35-36)19-30-16-20-10-4-1-5-11-20/h1-15,23-27H,16-19H2/t23-,24-,25+,26-,27-/m1/s1. The molecule has 190 valence electrons. The van der Waals surface area contributed by atoms with Crippen molar-refractivity contribution in [1.82, 2.24) is 0 Å². The zero-order chi connectivity index (χ0) is 24.8. The van der Waals surface area contributed by atoms with Crippen LogP contribution in [0.2, 0.25) is 0 Å². The van der Waals surface area contributed by atoms with Gasteiger partial charge in [0.2, 0.25) is 6.29 Å². The molecule has 5 atom stereocenters. The molecule has 8 nitrogen and oxygen atoms in total. The lowest BCUT2D eigenvalue weighted by Crippen LogP contribution is -2.59. The Labute approximate surface area is 211 Å². The summed E-state index contributed by atoms with van der Waals surface area (Å²) in [6.07, 6.45) is -4.28. The lowest BCUT2D eigenvalue weighted by molar-refractivity contribution is -0.276. The molecule has 0 unspecified atom stereocenters. The van der Waals surface area contributed by atoms with Crippen LogP contribution in [-0.2, 0) is 57.5 Å². The van der Waals surface area contributed by atoms with Gasteiger partial charge in [0.1, 0.15) is 18.3 Å². The van der Waals surface area contributed by atoms with Crippen LogP contribution in [0.1, 0.15) is 16.7 Å². The lowest BCUT2D eigenvalue weighted by Gasteiger charge is -2.41. The summed E-state index contributed by atoms with van der Waals surface area (Å²) in [5, 5.41) is 0. The Morgan fingerprint density at radius 3 is 1.69 bits per heavy atom. The summed E-state index contributed by atoms with van der Waals surface area (Å²) in [6, 6.07) is 29.0. The van der Waals surface area contributed by atoms with Crippen molar-refractivity contribution in [3.05, 3.63) is 108 Å². The first-order valence-corrected chi connectivity index (χ1v) is 13.1. The van der Waals surface area contributed by atoms with E-state index < -0.39 is 41.1 Å². The van der Waals surface area contributed by atoms with E-state index in [0.29, 0.717) is 6.61 Å². The smallest absolute Gasteiger partial charge is 0.374 e. The summed E-state index contributed by atoms with van der Waals surface area (Å²) in [4.78, 5) is 0. The Hall–Kier alpha value is -2.63. The van der Waals surface area contributed by atoms with Gasteiger partial charge >= 0.3 is 10.4 Å². The monoisotopic (exact) mass is 512 g/mol. The SMILES string of the molecule is O=S1(=O)O[C@H]2O[C@H](COCc3ccccc3)[C@@H](OCc3ccccc3)[C@H](OCc3ccccc3)[C@H]2O1. The molecular weight excluding hydrogens is 484 g/mol. The molecule has 0 saturated carbocycles. The Balaban J connectivity index is 1.36. The van der Waals surface area contributed by atoms with Crippen LogP contribution in [0.5, 0.6) is 0 Å². The molecular formula is C27H28O8S. The van der Waals surface area contributed by atoms with Gasteiger partial charge in [-0.2, -0.15) is 8.42 Å². The molecule has 0 radical (unpaired) electrons. The molecule has 5 rings (SSSR count). The molecule has 2 saturated heterocycles. The van der Waals surface area contributed by atoms with Gasteiger partial charge in [0.05, 0.1) is 26.4 Å². The molecule has 0 spiro atoms. The highest BCUT2D eigenvalue weighted by atomic mass is 32.3. The van der Waals surface area contributed by atoms with Crippen LogP contribution >= 0.6 is 0 Å². The highest BCUT2D eigenvalue weighted by molar-refractivity contribution is 7.82. The van der Waals surface area contributed by atoms with Gasteiger partial charge in [-0.25, -0.2) is 8.37 Å². The second-order valence-corrected chi connectivity index (χ2v) is 9.83. The van der Waals surface area contributed by atoms with Crippen molar-refractivity contribution in [3.8, 4) is 0 Å². The molecule has 2 aliphatic heterocycles. The highest BCUT2D eigenvalue weighted by Crippen LogP contribution is 2.36. The summed E-state index contributed by atoms with van der Waals surface area (Å²) in [5.74, 6) is 0. The highest BCUT2D eigenvalue weighted by Gasteiger charge is 2.56. The molecule has 2 heterocycles. The van der Waals surface area contributed by atoms with Gasteiger partial charge in [0.15, 0.2) is 6.10 Å². The van der Waals surface area contributed by atoms with Gasteiger partial charge in [0, 0.05) is 0 Å². The van der Waals surface area contributed by atoms with E-state index in [9.17, 15) is 8.42 Å². The molecule has 0 aromatic heterocycles. The zero-order valence-corrected chi connectivity index (χ0v) is 20.4. The number of hydrogen-bond acceptors (Lipinski definition) is 8. The fourth-order valence-corrected chi connectivity index (χ4v) is 5.16. The summed E-state index contributed by atoms with van der Waals surface area (Å²) in [6.45, 7) is 1.03. The molecule has 3 aromatic carbocycles. The molecule has 9 heteroatoms. The predicted octanol–water partition coefficient (Wildman–Crippen LogP) is 3.76. The maximum absolute atomic E-state index is 12.2. The van der Waals surface area contributed by atoms with Crippen molar-refractivity contribution >= 4 is 10.4 Å². The summed E-state index contributed by atoms with van der Waals surface area (Å²) >= 11 is 0. The van der Waals surface area contributed by atoms with Gasteiger partial charge in [-0.15, -0.1) is 0 Å². The minimum absolute atomic E-state index is 0.145. The summed E-state index contributed by atoms with van der Waals surface area (Å²) in [5.41, 5.74) is 2.90. The topological polar surface area (TPSA) is 89.5 Å². The third kappa shape index (κ3) is 6.37. The average molecular weight is 513 g/mol. The van der Waals surface area contributed by atoms with Crippen LogP contribution in [-0.4, -0.2) is 45.7 Å². The van der Waals surface area contributed by atoms with Gasteiger partial charge in [-0.3, -0.25) is 0 Å². The maximum atomic E-state index is 12.2. The first kappa shape index (κ1) is 25.0. The van der Waals surface area contributed by atoms with Crippen LogP contribution in [0.15, 0.2) is 91.0 Å². The quantitative estimate of drug-likeness (QED) is 0.406. The molecule has 0 N–H and O–H groups in total. The van der Waals surface area contributed by atoms with Crippen molar-refractivity contribution in [2.75, 3.05) is 6.61 Å². The fraction of sp³-hybridized carbons (Fsp3) is 0.333. The van der Waals surface area contributed by atoms with E-state index >= 15 is 0 Å². The zero-order valence-electron chi connectivity index (χ0n) is 19.5. The first-order valence-electron chi connectivity index (χ1n) is 11.8. The molecule has 0 bridgehead atoms. The van der Waals surface area contributed by atoms with Crippen molar-refractivity contribution in [1.29, 1.82) is 0 Å². The maximum Gasteiger partial charge on any atom is 0.403 e. The molecule has 3 aromatic rings. The van der Waals surface area contributed by atoms with Crippen LogP contribution < -0.4 is 0 Å². The number of hydrogen-bond donors (Lipinski definition) is 0. The predicted molar refractivity (Wildman–Crippen MR) is 130 cm³/mol. The lowest BCUT2D eigenvalue weighted by atomic mass is 9.98. The molecule has 2 aliphatic rings. The third-order valence-electron chi connectivity index (χ3n) is 6.00. The second kappa shape index (κ2) is 11.6. The van der Waals surface area contributed by atoms with E-state index in [1.54, 1.807) is 0 Å². The van der Waals surface area contributed by atoms with Crippen LogP contribution in [0.25, 0.3) is 0 Å². The van der Waals surface area contributed by atoms with E-state index in [0.717, 1.165) is 16.7 Å². The van der Waals surface area contributed by atoms with Gasteiger partial charge in [-0.1, -0.05) is 91.0 Å². The van der Waals surface area contributed by atoms with Crippen molar-refractivity contribution < 1.29 is 35.7 Å². The molecule has 2 fully saturated rings. The van der Waals surface area contributed by atoms with Crippen molar-refractivity contribution in [3.63, 3.8) is 0 Å². The number of ether oxygens (including phenoxy) is 4. The largest absolute Gasteiger partial charge is 0.403 e. The van der Waals surface area contributed by atoms with E-state index in [4.69, 9.17) is 27.3 Å². The first-order chi connectivity index (χ1) is 17.6. The van der Waals surface area contributed by atoms with Gasteiger partial charge < -0.3 is 18.9 Å². The molecule has 0 aliphatic carbocycles. The average Bonchev–Trinajstić information content (AvgIpc) is 3.21. The number of fused-ring (bicyclic) bond motifs is 1. The number of benzene rings is 3. The van der Waals surface area contributed by atoms with Crippen molar-refractivity contribution in [2.24, 2.45) is 0 Å². The Kier molecular flexibility index (Phi) is 8.08. The van der Waals surface area contributed by atoms with Crippen LogP contribution in [0, 0.1) is 0 Å². The minimum Gasteiger partial charge on any atom is -0.374 e. The van der Waals surface area contributed by atoms with Crippen LogP contribution in [0.3, 0.4) is 0 Å². The van der Waals surface area contributed by atoms with Crippen LogP contribution in [0.4, 0.5) is 0 Å². The van der Waals surface area contributed by atoms with E-state index in [1.165, 1.54) is 0 Å². The Morgan fingerprint density at radius 1 is 0.639 bits per heavy atom. The molecule has 0 amide bonds. The minimum atomic E-state index is -4.22. The van der Waals surface area contributed by atoms with Gasteiger partial charge in [-0.05, 0) is 16.7 Å². The Morgan fingerprint density at radius 2 is 1.14 bits per heavy atom. The van der Waals surface area contributed by atoms with E-state index in [1.807, 2.05) is 91.0 Å². The summed E-state index contributed by atoms with van der Waals surface area (Å²) in [7, 11) is -4.22. The Bertz CT molecular complexity index is 1190. The number of rotatable bonds is 10.